The minimum Gasteiger partial charge on any atom is -0.396 e. The number of pyridine rings is 1. The average Bonchev–Trinajstić information content (AvgIpc) is 2.46. The van der Waals surface area contributed by atoms with Gasteiger partial charge in [-0.15, -0.1) is 0 Å². The summed E-state index contributed by atoms with van der Waals surface area (Å²) in [5, 5.41) is 8.94. The van der Waals surface area contributed by atoms with Crippen molar-refractivity contribution >= 4 is 11.4 Å². The monoisotopic (exact) mass is 265 g/mol. The lowest BCUT2D eigenvalue weighted by molar-refractivity contribution is 0.105. The van der Waals surface area contributed by atoms with E-state index in [1.807, 2.05) is 13.0 Å². The van der Waals surface area contributed by atoms with Crippen LogP contribution in [0.5, 0.6) is 0 Å². The van der Waals surface area contributed by atoms with Crippen LogP contribution in [-0.4, -0.2) is 35.4 Å². The van der Waals surface area contributed by atoms with Crippen LogP contribution in [0.15, 0.2) is 18.5 Å². The number of rotatable bonds is 4. The minimum atomic E-state index is -0.0810. The molecule has 6 nitrogen and oxygen atoms in total. The SMILES string of the molecule is CC(NO)C(N)C1CCN(c2ccncc2N)CC1. The summed E-state index contributed by atoms with van der Waals surface area (Å²) in [6.45, 7) is 3.77. The normalized spacial score (nSPS) is 20.3. The van der Waals surface area contributed by atoms with E-state index in [4.69, 9.17) is 16.7 Å². The topological polar surface area (TPSA) is 100 Å². The highest BCUT2D eigenvalue weighted by molar-refractivity contribution is 5.66. The van der Waals surface area contributed by atoms with Crippen molar-refractivity contribution < 1.29 is 5.21 Å². The molecule has 0 aromatic carbocycles. The van der Waals surface area contributed by atoms with Gasteiger partial charge in [-0.05, 0) is 31.7 Å². The van der Waals surface area contributed by atoms with Crippen molar-refractivity contribution in [2.45, 2.75) is 31.8 Å². The van der Waals surface area contributed by atoms with Crippen molar-refractivity contribution in [1.29, 1.82) is 0 Å². The maximum Gasteiger partial charge on any atom is 0.0738 e. The summed E-state index contributed by atoms with van der Waals surface area (Å²) < 4.78 is 0. The Morgan fingerprint density at radius 2 is 2.16 bits per heavy atom. The Morgan fingerprint density at radius 1 is 1.47 bits per heavy atom. The Morgan fingerprint density at radius 3 is 2.74 bits per heavy atom. The van der Waals surface area contributed by atoms with Crippen molar-refractivity contribution in [2.24, 2.45) is 11.7 Å². The molecule has 2 unspecified atom stereocenters. The van der Waals surface area contributed by atoms with Crippen LogP contribution in [0.1, 0.15) is 19.8 Å². The van der Waals surface area contributed by atoms with Crippen LogP contribution < -0.4 is 21.8 Å². The van der Waals surface area contributed by atoms with Crippen LogP contribution in [0.3, 0.4) is 0 Å². The molecule has 0 bridgehead atoms. The van der Waals surface area contributed by atoms with Crippen LogP contribution in [0.4, 0.5) is 11.4 Å². The lowest BCUT2D eigenvalue weighted by Gasteiger charge is -2.37. The summed E-state index contributed by atoms with van der Waals surface area (Å²) in [4.78, 5) is 6.28. The number of hydrogen-bond acceptors (Lipinski definition) is 6. The predicted octanol–water partition coefficient (Wildman–Crippen LogP) is 0.575. The Labute approximate surface area is 113 Å². The zero-order valence-electron chi connectivity index (χ0n) is 11.3. The molecule has 1 aliphatic rings. The second kappa shape index (κ2) is 6.18. The van der Waals surface area contributed by atoms with E-state index in [2.05, 4.69) is 15.4 Å². The summed E-state index contributed by atoms with van der Waals surface area (Å²) in [5.74, 6) is 0.425. The van der Waals surface area contributed by atoms with Crippen LogP contribution in [0.2, 0.25) is 0 Å². The highest BCUT2D eigenvalue weighted by Crippen LogP contribution is 2.28. The van der Waals surface area contributed by atoms with E-state index in [9.17, 15) is 0 Å². The van der Waals surface area contributed by atoms with E-state index >= 15 is 0 Å². The van der Waals surface area contributed by atoms with Crippen LogP contribution in [-0.2, 0) is 0 Å². The maximum absolute atomic E-state index is 8.94. The van der Waals surface area contributed by atoms with Gasteiger partial charge in [0.25, 0.3) is 0 Å². The van der Waals surface area contributed by atoms with E-state index in [1.165, 1.54) is 0 Å². The van der Waals surface area contributed by atoms with Gasteiger partial charge in [0.05, 0.1) is 17.6 Å². The highest BCUT2D eigenvalue weighted by Gasteiger charge is 2.27. The summed E-state index contributed by atoms with van der Waals surface area (Å²) >= 11 is 0. The Kier molecular flexibility index (Phi) is 4.57. The van der Waals surface area contributed by atoms with Crippen molar-refractivity contribution in [2.75, 3.05) is 23.7 Å². The first kappa shape index (κ1) is 14.0. The van der Waals surface area contributed by atoms with Gasteiger partial charge in [0, 0.05) is 31.4 Å². The Hall–Kier alpha value is -1.37. The lowest BCUT2D eigenvalue weighted by Crippen LogP contribution is -2.50. The second-order valence-corrected chi connectivity index (χ2v) is 5.25. The molecule has 1 aromatic heterocycles. The molecule has 1 fully saturated rings. The molecule has 1 aliphatic heterocycles. The molecule has 0 aliphatic carbocycles. The van der Waals surface area contributed by atoms with Gasteiger partial charge in [-0.1, -0.05) is 0 Å². The predicted molar refractivity (Wildman–Crippen MR) is 75.9 cm³/mol. The number of anilines is 2. The third-order valence-corrected chi connectivity index (χ3v) is 4.03. The average molecular weight is 265 g/mol. The molecule has 1 aromatic rings. The molecule has 2 heterocycles. The first-order valence-corrected chi connectivity index (χ1v) is 6.73. The van der Waals surface area contributed by atoms with E-state index in [0.29, 0.717) is 5.92 Å². The molecule has 0 amide bonds. The summed E-state index contributed by atoms with van der Waals surface area (Å²) in [6, 6.07) is 1.84. The third-order valence-electron chi connectivity index (χ3n) is 4.03. The molecule has 0 saturated carbocycles. The summed E-state index contributed by atoms with van der Waals surface area (Å²) in [5.41, 5.74) is 16.1. The first-order chi connectivity index (χ1) is 9.13. The fraction of sp³-hybridized carbons (Fsp3) is 0.615. The number of hydrogen-bond donors (Lipinski definition) is 4. The van der Waals surface area contributed by atoms with Gasteiger partial charge < -0.3 is 21.6 Å². The Bertz CT molecular complexity index is 406. The number of hydroxylamine groups is 1. The largest absolute Gasteiger partial charge is 0.396 e. The minimum absolute atomic E-state index is 0.0260. The molecule has 1 saturated heterocycles. The number of nitrogens with one attached hydrogen (secondary N) is 1. The number of nitrogens with two attached hydrogens (primary N) is 2. The summed E-state index contributed by atoms with van der Waals surface area (Å²) in [6.07, 6.45) is 5.47. The molecule has 106 valence electrons. The molecule has 19 heavy (non-hydrogen) atoms. The van der Waals surface area contributed by atoms with Gasteiger partial charge in [-0.3, -0.25) is 4.98 Å². The van der Waals surface area contributed by atoms with Crippen LogP contribution >= 0.6 is 0 Å². The van der Waals surface area contributed by atoms with Crippen molar-refractivity contribution in [3.63, 3.8) is 0 Å². The van der Waals surface area contributed by atoms with E-state index < -0.39 is 0 Å². The van der Waals surface area contributed by atoms with Gasteiger partial charge in [0.1, 0.15) is 0 Å². The molecule has 0 radical (unpaired) electrons. The molecule has 6 N–H and O–H groups in total. The van der Waals surface area contributed by atoms with E-state index in [-0.39, 0.29) is 12.1 Å². The Balaban J connectivity index is 1.94. The zero-order valence-corrected chi connectivity index (χ0v) is 11.3. The molecule has 6 heteroatoms. The van der Waals surface area contributed by atoms with Gasteiger partial charge >= 0.3 is 0 Å². The smallest absolute Gasteiger partial charge is 0.0738 e. The van der Waals surface area contributed by atoms with E-state index in [1.54, 1.807) is 12.4 Å². The number of piperidine rings is 1. The summed E-state index contributed by atoms with van der Waals surface area (Å²) in [7, 11) is 0. The fourth-order valence-corrected chi connectivity index (χ4v) is 2.71. The van der Waals surface area contributed by atoms with Gasteiger partial charge in [-0.25, -0.2) is 5.48 Å². The molecule has 0 spiro atoms. The second-order valence-electron chi connectivity index (χ2n) is 5.25. The number of aromatic nitrogens is 1. The first-order valence-electron chi connectivity index (χ1n) is 6.73. The highest BCUT2D eigenvalue weighted by atomic mass is 16.5. The molecule has 2 rings (SSSR count). The zero-order chi connectivity index (χ0) is 13.8. The third kappa shape index (κ3) is 3.15. The maximum atomic E-state index is 8.94. The lowest BCUT2D eigenvalue weighted by atomic mass is 9.86. The van der Waals surface area contributed by atoms with Gasteiger partial charge in [0.15, 0.2) is 0 Å². The fourth-order valence-electron chi connectivity index (χ4n) is 2.71. The number of nitrogen functional groups attached to an aromatic ring is 1. The van der Waals surface area contributed by atoms with Crippen molar-refractivity contribution in [3.8, 4) is 0 Å². The standard InChI is InChI=1S/C13H23N5O/c1-9(17-19)13(15)10-3-6-18(7-4-10)12-2-5-16-8-11(12)14/h2,5,8-10,13,17,19H,3-4,6-7,14-15H2,1H3. The van der Waals surface area contributed by atoms with Gasteiger partial charge in [-0.2, -0.15) is 0 Å². The van der Waals surface area contributed by atoms with Crippen LogP contribution in [0, 0.1) is 5.92 Å². The number of nitrogens with zero attached hydrogens (tertiary/aromatic N) is 2. The van der Waals surface area contributed by atoms with Gasteiger partial charge in [0.2, 0.25) is 0 Å². The molecule has 2 atom stereocenters. The quantitative estimate of drug-likeness (QED) is 0.594. The molecular weight excluding hydrogens is 242 g/mol. The van der Waals surface area contributed by atoms with Crippen LogP contribution in [0.25, 0.3) is 0 Å². The molecular formula is C13H23N5O. The van der Waals surface area contributed by atoms with E-state index in [0.717, 1.165) is 37.3 Å². The van der Waals surface area contributed by atoms with Crippen molar-refractivity contribution in [3.05, 3.63) is 18.5 Å². The van der Waals surface area contributed by atoms with Crippen molar-refractivity contribution in [1.82, 2.24) is 10.5 Å².